The molecular formula is C19H17FN6O2. The number of rotatable bonds is 4. The number of nitrogens with zero attached hydrogens (tertiary/aromatic N) is 5. The molecule has 1 N–H and O–H groups in total. The number of ether oxygens (including phenoxy) is 1. The van der Waals surface area contributed by atoms with Crippen LogP contribution in [0.3, 0.4) is 0 Å². The molecule has 1 aromatic carbocycles. The van der Waals surface area contributed by atoms with Gasteiger partial charge in [0.1, 0.15) is 23.0 Å². The predicted octanol–water partition coefficient (Wildman–Crippen LogP) is 3.20. The highest BCUT2D eigenvalue weighted by Crippen LogP contribution is 2.28. The zero-order valence-electron chi connectivity index (χ0n) is 15.3. The molecule has 0 atom stereocenters. The van der Waals surface area contributed by atoms with Gasteiger partial charge in [0, 0.05) is 30.3 Å². The van der Waals surface area contributed by atoms with E-state index in [1.54, 1.807) is 48.3 Å². The number of hydrogen-bond acceptors (Lipinski definition) is 5. The summed E-state index contributed by atoms with van der Waals surface area (Å²) in [6.07, 6.45) is 1.07. The Morgan fingerprint density at radius 2 is 2.04 bits per heavy atom. The molecule has 0 radical (unpaired) electrons. The summed E-state index contributed by atoms with van der Waals surface area (Å²) in [4.78, 5) is 15.9. The lowest BCUT2D eigenvalue weighted by Gasteiger charge is -2.04. The van der Waals surface area contributed by atoms with Crippen LogP contribution in [0.15, 0.2) is 48.7 Å². The molecule has 0 fully saturated rings. The molecule has 0 saturated carbocycles. The monoisotopic (exact) mass is 380 g/mol. The van der Waals surface area contributed by atoms with E-state index < -0.39 is 6.09 Å². The Bertz CT molecular complexity index is 1170. The molecular weight excluding hydrogens is 363 g/mol. The van der Waals surface area contributed by atoms with E-state index in [1.165, 1.54) is 17.9 Å². The van der Waals surface area contributed by atoms with Gasteiger partial charge in [-0.3, -0.25) is 10.00 Å². The molecule has 142 valence electrons. The van der Waals surface area contributed by atoms with Crippen LogP contribution in [-0.4, -0.2) is 37.7 Å². The Labute approximate surface area is 159 Å². The number of aryl methyl sites for hydroxylation is 1. The maximum Gasteiger partial charge on any atom is 0.412 e. The fraction of sp³-hybridized carbons (Fsp3) is 0.158. The topological polar surface area (TPSA) is 86.9 Å². The largest absolute Gasteiger partial charge is 0.453 e. The van der Waals surface area contributed by atoms with Gasteiger partial charge in [-0.1, -0.05) is 18.2 Å². The second kappa shape index (κ2) is 7.10. The van der Waals surface area contributed by atoms with Crippen molar-refractivity contribution in [2.24, 2.45) is 7.05 Å². The van der Waals surface area contributed by atoms with E-state index in [2.05, 4.69) is 25.2 Å². The molecule has 0 aliphatic heterocycles. The molecule has 0 saturated heterocycles. The third kappa shape index (κ3) is 3.18. The number of fused-ring (bicyclic) bond motifs is 1. The van der Waals surface area contributed by atoms with Crippen LogP contribution in [0.4, 0.5) is 15.0 Å². The van der Waals surface area contributed by atoms with Crippen LogP contribution in [0.25, 0.3) is 22.4 Å². The lowest BCUT2D eigenvalue weighted by Crippen LogP contribution is -2.13. The highest BCUT2D eigenvalue weighted by Gasteiger charge is 2.18. The van der Waals surface area contributed by atoms with Crippen molar-refractivity contribution in [3.63, 3.8) is 0 Å². The van der Waals surface area contributed by atoms with Crippen molar-refractivity contribution in [3.8, 4) is 11.4 Å². The van der Waals surface area contributed by atoms with Crippen molar-refractivity contribution >= 4 is 22.9 Å². The van der Waals surface area contributed by atoms with Crippen LogP contribution in [0.1, 0.15) is 5.56 Å². The highest BCUT2D eigenvalue weighted by atomic mass is 19.1. The Balaban J connectivity index is 1.78. The van der Waals surface area contributed by atoms with Gasteiger partial charge in [0.2, 0.25) is 0 Å². The van der Waals surface area contributed by atoms with Crippen molar-refractivity contribution in [1.29, 1.82) is 0 Å². The predicted molar refractivity (Wildman–Crippen MR) is 101 cm³/mol. The van der Waals surface area contributed by atoms with Crippen LogP contribution in [-0.2, 0) is 18.3 Å². The van der Waals surface area contributed by atoms with Crippen molar-refractivity contribution in [1.82, 2.24) is 24.5 Å². The Kier molecular flexibility index (Phi) is 4.48. The van der Waals surface area contributed by atoms with Crippen molar-refractivity contribution < 1.29 is 13.9 Å². The maximum atomic E-state index is 14.1. The summed E-state index contributed by atoms with van der Waals surface area (Å²) in [7, 11) is 2.99. The van der Waals surface area contributed by atoms with Gasteiger partial charge in [0.15, 0.2) is 5.65 Å². The molecule has 0 aliphatic rings. The number of carbonyl (C=O) groups excluding carboxylic acids is 1. The number of pyridine rings is 1. The first-order valence-electron chi connectivity index (χ1n) is 8.51. The fourth-order valence-corrected chi connectivity index (χ4v) is 2.95. The summed E-state index contributed by atoms with van der Waals surface area (Å²) >= 11 is 0. The zero-order chi connectivity index (χ0) is 19.7. The summed E-state index contributed by atoms with van der Waals surface area (Å²) in [6.45, 7) is 0.236. The minimum atomic E-state index is -0.592. The first kappa shape index (κ1) is 17.7. The minimum absolute atomic E-state index is 0.236. The maximum absolute atomic E-state index is 14.1. The third-order valence-electron chi connectivity index (χ3n) is 4.32. The number of nitrogens with one attached hydrogen (secondary N) is 1. The van der Waals surface area contributed by atoms with Crippen LogP contribution in [0.2, 0.25) is 0 Å². The molecule has 0 spiro atoms. The van der Waals surface area contributed by atoms with Crippen molar-refractivity contribution in [2.75, 3.05) is 12.4 Å². The number of halogens is 1. The van der Waals surface area contributed by atoms with E-state index in [9.17, 15) is 9.18 Å². The van der Waals surface area contributed by atoms with Crippen molar-refractivity contribution in [2.45, 2.75) is 6.54 Å². The molecule has 8 nitrogen and oxygen atoms in total. The molecule has 1 amide bonds. The number of carbonyl (C=O) groups is 1. The summed E-state index contributed by atoms with van der Waals surface area (Å²) in [5.41, 5.74) is 2.28. The van der Waals surface area contributed by atoms with Crippen LogP contribution in [0.5, 0.6) is 0 Å². The number of anilines is 1. The number of amides is 1. The number of methoxy groups -OCH3 is 1. The van der Waals surface area contributed by atoms with Crippen LogP contribution < -0.4 is 5.32 Å². The van der Waals surface area contributed by atoms with Gasteiger partial charge in [-0.05, 0) is 18.2 Å². The Hall–Kier alpha value is -3.75. The summed E-state index contributed by atoms with van der Waals surface area (Å²) in [6, 6.07) is 11.9. The lowest BCUT2D eigenvalue weighted by atomic mass is 10.2. The van der Waals surface area contributed by atoms with Crippen molar-refractivity contribution in [3.05, 3.63) is 60.0 Å². The molecule has 28 heavy (non-hydrogen) atoms. The first-order chi connectivity index (χ1) is 13.6. The van der Waals surface area contributed by atoms with Gasteiger partial charge in [-0.25, -0.2) is 18.9 Å². The number of benzene rings is 1. The van der Waals surface area contributed by atoms with Gasteiger partial charge in [0.25, 0.3) is 0 Å². The van der Waals surface area contributed by atoms with E-state index in [1.807, 2.05) is 6.07 Å². The van der Waals surface area contributed by atoms with Crippen LogP contribution >= 0.6 is 0 Å². The van der Waals surface area contributed by atoms with Gasteiger partial charge in [0.05, 0.1) is 13.7 Å². The Morgan fingerprint density at radius 3 is 2.82 bits per heavy atom. The quantitative estimate of drug-likeness (QED) is 0.588. The van der Waals surface area contributed by atoms with E-state index in [0.717, 1.165) is 5.39 Å². The molecule has 3 heterocycles. The standard InChI is InChI=1S/C19H17FN6O2/c1-25-16(22-19(27)28-2)10-15(23-25)17-13-7-5-9-21-18(13)26(24-17)11-12-6-3-4-8-14(12)20/h3-10H,11H2,1-2H3,(H,22,27). The second-order valence-corrected chi connectivity index (χ2v) is 6.13. The van der Waals surface area contributed by atoms with Gasteiger partial charge >= 0.3 is 6.09 Å². The molecule has 4 aromatic rings. The van der Waals surface area contributed by atoms with Gasteiger partial charge in [-0.15, -0.1) is 0 Å². The van der Waals surface area contributed by atoms with E-state index in [0.29, 0.717) is 28.4 Å². The molecule has 3 aromatic heterocycles. The molecule has 0 unspecified atom stereocenters. The average molecular weight is 380 g/mol. The number of aromatic nitrogens is 5. The SMILES string of the molecule is COC(=O)Nc1cc(-c2nn(Cc3ccccc3F)c3ncccc23)nn1C. The highest BCUT2D eigenvalue weighted by molar-refractivity contribution is 5.91. The first-order valence-corrected chi connectivity index (χ1v) is 8.51. The van der Waals surface area contributed by atoms with E-state index in [4.69, 9.17) is 0 Å². The van der Waals surface area contributed by atoms with E-state index in [-0.39, 0.29) is 12.4 Å². The van der Waals surface area contributed by atoms with E-state index >= 15 is 0 Å². The minimum Gasteiger partial charge on any atom is -0.453 e. The normalized spacial score (nSPS) is 11.0. The average Bonchev–Trinajstić information content (AvgIpc) is 3.24. The van der Waals surface area contributed by atoms with Gasteiger partial charge < -0.3 is 4.74 Å². The summed E-state index contributed by atoms with van der Waals surface area (Å²) < 4.78 is 21.9. The molecule has 0 aliphatic carbocycles. The molecule has 4 rings (SSSR count). The van der Waals surface area contributed by atoms with Crippen LogP contribution in [0, 0.1) is 5.82 Å². The molecule has 0 bridgehead atoms. The Morgan fingerprint density at radius 1 is 1.21 bits per heavy atom. The number of hydrogen-bond donors (Lipinski definition) is 1. The molecule has 9 heteroatoms. The second-order valence-electron chi connectivity index (χ2n) is 6.13. The van der Waals surface area contributed by atoms with Gasteiger partial charge in [-0.2, -0.15) is 10.2 Å². The summed E-state index contributed by atoms with van der Waals surface area (Å²) in [5.74, 6) is 0.161. The lowest BCUT2D eigenvalue weighted by molar-refractivity contribution is 0.186. The third-order valence-corrected chi connectivity index (χ3v) is 4.32. The fourth-order valence-electron chi connectivity index (χ4n) is 2.95. The summed E-state index contributed by atoms with van der Waals surface area (Å²) in [5, 5.41) is 12.4. The zero-order valence-corrected chi connectivity index (χ0v) is 15.3. The smallest absolute Gasteiger partial charge is 0.412 e.